The molecule has 130 valence electrons. The lowest BCUT2D eigenvalue weighted by molar-refractivity contribution is -0.0250. The highest BCUT2D eigenvalue weighted by atomic mass is 16.6. The van der Waals surface area contributed by atoms with E-state index in [9.17, 15) is 0 Å². The van der Waals surface area contributed by atoms with Crippen LogP contribution in [0, 0.1) is 0 Å². The number of hydrogen-bond acceptors (Lipinski definition) is 8. The highest BCUT2D eigenvalue weighted by Crippen LogP contribution is 2.23. The van der Waals surface area contributed by atoms with Crippen molar-refractivity contribution in [1.29, 1.82) is 0 Å². The van der Waals surface area contributed by atoms with E-state index in [-0.39, 0.29) is 23.9 Å². The van der Waals surface area contributed by atoms with Crippen LogP contribution in [0.3, 0.4) is 0 Å². The summed E-state index contributed by atoms with van der Waals surface area (Å²) in [7, 11) is 0. The molecule has 1 fully saturated rings. The van der Waals surface area contributed by atoms with Gasteiger partial charge in [0.1, 0.15) is 6.10 Å². The van der Waals surface area contributed by atoms with Gasteiger partial charge in [-0.2, -0.15) is 9.97 Å². The fraction of sp³-hybridized carbons (Fsp3) is 0.412. The highest BCUT2D eigenvalue weighted by Gasteiger charge is 2.22. The molecule has 1 aromatic carbocycles. The summed E-state index contributed by atoms with van der Waals surface area (Å²) in [6, 6.07) is 9.54. The highest BCUT2D eigenvalue weighted by molar-refractivity contribution is 5.56. The first-order chi connectivity index (χ1) is 12.3. The fourth-order valence-corrected chi connectivity index (χ4v) is 2.60. The van der Waals surface area contributed by atoms with Gasteiger partial charge in [-0.25, -0.2) is 0 Å². The Labute approximate surface area is 144 Å². The number of ether oxygens (including phenoxy) is 2. The summed E-state index contributed by atoms with van der Waals surface area (Å²) in [5.41, 5.74) is 0.856. The topological polar surface area (TPSA) is 96.3 Å². The molecule has 0 saturated carbocycles. The molecule has 0 amide bonds. The second-order valence-electron chi connectivity index (χ2n) is 5.86. The summed E-state index contributed by atoms with van der Waals surface area (Å²) < 4.78 is 21.8. The number of rotatable bonds is 6. The Bertz CT molecular complexity index is 811. The third-order valence-corrected chi connectivity index (χ3v) is 3.99. The van der Waals surface area contributed by atoms with Crippen LogP contribution >= 0.6 is 0 Å². The molecule has 0 aliphatic carbocycles. The molecule has 1 aliphatic heterocycles. The first kappa shape index (κ1) is 15.9. The third kappa shape index (κ3) is 3.59. The van der Waals surface area contributed by atoms with E-state index in [2.05, 4.69) is 20.3 Å². The molecule has 0 N–H and O–H groups in total. The summed E-state index contributed by atoms with van der Waals surface area (Å²) >= 11 is 0. The standard InChI is InChI=1S/C17H18N4O4/c1-11(23-10-13-8-5-9-22-13)16-19-15(21-24-16)17-18-14(20-25-17)12-6-3-2-4-7-12/h2-4,6-7,11,13H,5,8-10H2,1H3. The normalized spacial score (nSPS) is 18.5. The van der Waals surface area contributed by atoms with Crippen LogP contribution < -0.4 is 0 Å². The molecule has 2 atom stereocenters. The molecule has 1 saturated heterocycles. The van der Waals surface area contributed by atoms with Crippen LogP contribution in [-0.2, 0) is 9.47 Å². The van der Waals surface area contributed by atoms with Gasteiger partial charge in [0.05, 0.1) is 12.7 Å². The van der Waals surface area contributed by atoms with Gasteiger partial charge in [-0.15, -0.1) is 0 Å². The van der Waals surface area contributed by atoms with E-state index in [1.165, 1.54) is 0 Å². The smallest absolute Gasteiger partial charge is 0.299 e. The van der Waals surface area contributed by atoms with Crippen LogP contribution in [0.1, 0.15) is 31.8 Å². The molecule has 2 unspecified atom stereocenters. The molecule has 4 rings (SSSR count). The van der Waals surface area contributed by atoms with Crippen LogP contribution in [0.15, 0.2) is 39.4 Å². The Morgan fingerprint density at radius 2 is 1.96 bits per heavy atom. The van der Waals surface area contributed by atoms with Crippen molar-refractivity contribution in [3.8, 4) is 23.1 Å². The van der Waals surface area contributed by atoms with E-state index in [0.717, 1.165) is 25.0 Å². The average Bonchev–Trinajstić information content (AvgIpc) is 3.41. The molecular formula is C17H18N4O4. The summed E-state index contributed by atoms with van der Waals surface area (Å²) in [6.45, 7) is 3.17. The van der Waals surface area contributed by atoms with Crippen LogP contribution in [0.2, 0.25) is 0 Å². The quantitative estimate of drug-likeness (QED) is 0.674. The number of nitrogens with zero attached hydrogens (tertiary/aromatic N) is 4. The van der Waals surface area contributed by atoms with Crippen molar-refractivity contribution in [2.24, 2.45) is 0 Å². The van der Waals surface area contributed by atoms with Crippen LogP contribution in [0.5, 0.6) is 0 Å². The molecule has 8 heteroatoms. The van der Waals surface area contributed by atoms with Gasteiger partial charge in [0.25, 0.3) is 17.6 Å². The number of aromatic nitrogens is 4. The fourth-order valence-electron chi connectivity index (χ4n) is 2.60. The minimum absolute atomic E-state index is 0.147. The van der Waals surface area contributed by atoms with E-state index in [1.807, 2.05) is 37.3 Å². The first-order valence-electron chi connectivity index (χ1n) is 8.26. The zero-order chi connectivity index (χ0) is 17.1. The predicted octanol–water partition coefficient (Wildman–Crippen LogP) is 3.04. The van der Waals surface area contributed by atoms with Crippen molar-refractivity contribution < 1.29 is 18.5 Å². The summed E-state index contributed by atoms with van der Waals surface area (Å²) in [5, 5.41) is 7.85. The van der Waals surface area contributed by atoms with Crippen molar-refractivity contribution in [2.75, 3.05) is 13.2 Å². The molecule has 2 aromatic heterocycles. The Kier molecular flexibility index (Phi) is 4.53. The van der Waals surface area contributed by atoms with E-state index in [1.54, 1.807) is 0 Å². The second kappa shape index (κ2) is 7.12. The molecule has 3 aromatic rings. The van der Waals surface area contributed by atoms with Gasteiger partial charge in [0.2, 0.25) is 5.82 Å². The molecule has 3 heterocycles. The first-order valence-corrected chi connectivity index (χ1v) is 8.26. The minimum atomic E-state index is -0.332. The van der Waals surface area contributed by atoms with Crippen LogP contribution in [0.4, 0.5) is 0 Å². The van der Waals surface area contributed by atoms with E-state index >= 15 is 0 Å². The van der Waals surface area contributed by atoms with Crippen molar-refractivity contribution in [3.63, 3.8) is 0 Å². The third-order valence-electron chi connectivity index (χ3n) is 3.99. The molecule has 0 spiro atoms. The lowest BCUT2D eigenvalue weighted by atomic mass is 10.2. The summed E-state index contributed by atoms with van der Waals surface area (Å²) in [4.78, 5) is 8.60. The average molecular weight is 342 g/mol. The van der Waals surface area contributed by atoms with Crippen LogP contribution in [0.25, 0.3) is 23.1 Å². The van der Waals surface area contributed by atoms with Gasteiger partial charge in [-0.1, -0.05) is 40.6 Å². The Hall–Kier alpha value is -2.58. The molecule has 0 radical (unpaired) electrons. The molecule has 1 aliphatic rings. The van der Waals surface area contributed by atoms with Crippen molar-refractivity contribution >= 4 is 0 Å². The van der Waals surface area contributed by atoms with E-state index in [4.69, 9.17) is 18.5 Å². The van der Waals surface area contributed by atoms with E-state index < -0.39 is 0 Å². The minimum Gasteiger partial charge on any atom is -0.376 e. The van der Waals surface area contributed by atoms with Gasteiger partial charge in [-0.3, -0.25) is 0 Å². The Morgan fingerprint density at radius 1 is 1.12 bits per heavy atom. The zero-order valence-electron chi connectivity index (χ0n) is 13.8. The van der Waals surface area contributed by atoms with Crippen LogP contribution in [-0.4, -0.2) is 39.6 Å². The lowest BCUT2D eigenvalue weighted by Crippen LogP contribution is -2.15. The Balaban J connectivity index is 1.43. The second-order valence-corrected chi connectivity index (χ2v) is 5.86. The van der Waals surface area contributed by atoms with Crippen molar-refractivity contribution in [3.05, 3.63) is 36.2 Å². The summed E-state index contributed by atoms with van der Waals surface area (Å²) in [6.07, 6.45) is 1.91. The SMILES string of the molecule is CC(OCC1CCCO1)c1nc(-c2nc(-c3ccccc3)no2)no1. The number of benzene rings is 1. The monoisotopic (exact) mass is 342 g/mol. The maximum absolute atomic E-state index is 5.75. The molecule has 0 bridgehead atoms. The van der Waals surface area contributed by atoms with Gasteiger partial charge in [0, 0.05) is 12.2 Å². The molecule has 8 nitrogen and oxygen atoms in total. The van der Waals surface area contributed by atoms with E-state index in [0.29, 0.717) is 18.3 Å². The maximum Gasteiger partial charge on any atom is 0.299 e. The zero-order valence-corrected chi connectivity index (χ0v) is 13.8. The molecule has 25 heavy (non-hydrogen) atoms. The lowest BCUT2D eigenvalue weighted by Gasteiger charge is -2.12. The maximum atomic E-state index is 5.75. The van der Waals surface area contributed by atoms with Gasteiger partial charge in [0.15, 0.2) is 0 Å². The van der Waals surface area contributed by atoms with Crippen molar-refractivity contribution in [2.45, 2.75) is 32.0 Å². The number of hydrogen-bond donors (Lipinski definition) is 0. The van der Waals surface area contributed by atoms with Crippen molar-refractivity contribution in [1.82, 2.24) is 20.3 Å². The Morgan fingerprint density at radius 3 is 2.76 bits per heavy atom. The van der Waals surface area contributed by atoms with Gasteiger partial charge < -0.3 is 18.5 Å². The van der Waals surface area contributed by atoms with Gasteiger partial charge in [-0.05, 0) is 19.8 Å². The predicted molar refractivity (Wildman–Crippen MR) is 86.4 cm³/mol. The van der Waals surface area contributed by atoms with Gasteiger partial charge >= 0.3 is 0 Å². The largest absolute Gasteiger partial charge is 0.376 e. The summed E-state index contributed by atoms with van der Waals surface area (Å²) in [5.74, 6) is 1.30. The molecular weight excluding hydrogens is 324 g/mol.